The van der Waals surface area contributed by atoms with Crippen molar-refractivity contribution in [1.82, 2.24) is 14.8 Å². The smallest absolute Gasteiger partial charge is 0.273 e. The first-order valence-electron chi connectivity index (χ1n) is 3.70. The van der Waals surface area contributed by atoms with Gasteiger partial charge in [0.2, 0.25) is 0 Å². The summed E-state index contributed by atoms with van der Waals surface area (Å²) in [6.45, 7) is 0. The Labute approximate surface area is 87.1 Å². The van der Waals surface area contributed by atoms with E-state index in [0.717, 1.165) is 10.8 Å². The fourth-order valence-electron chi connectivity index (χ4n) is 0.953. The summed E-state index contributed by atoms with van der Waals surface area (Å²) in [6, 6.07) is 0. The molecule has 1 rings (SSSR count). The molecule has 0 atom stereocenters. The Bertz CT molecular complexity index is 570. The highest BCUT2D eigenvalue weighted by atomic mass is 32.2. The van der Waals surface area contributed by atoms with Gasteiger partial charge in [-0.1, -0.05) is 0 Å². The Kier molecular flexibility index (Phi) is 2.85. The predicted octanol–water partition coefficient (Wildman–Crippen LogP) is -1.99. The highest BCUT2D eigenvalue weighted by molar-refractivity contribution is 7.90. The molecule has 0 spiro atoms. The maximum Gasteiger partial charge on any atom is 0.273 e. The summed E-state index contributed by atoms with van der Waals surface area (Å²) in [5.74, 6) is -0.354. The molecule has 0 bridgehead atoms. The SMILES string of the molecule is Cn1c(CS(C)(=O)=O)nnc1S(N)(=O)=O. The maximum absolute atomic E-state index is 11.0. The van der Waals surface area contributed by atoms with Gasteiger partial charge in [0, 0.05) is 13.3 Å². The molecule has 0 aliphatic carbocycles. The van der Waals surface area contributed by atoms with Crippen LogP contribution in [-0.4, -0.2) is 37.9 Å². The third-order valence-corrected chi connectivity index (χ3v) is 3.22. The first-order chi connectivity index (χ1) is 6.61. The van der Waals surface area contributed by atoms with Crippen molar-refractivity contribution < 1.29 is 16.8 Å². The van der Waals surface area contributed by atoms with Crippen LogP contribution < -0.4 is 5.14 Å². The Morgan fingerprint density at radius 2 is 1.80 bits per heavy atom. The molecule has 15 heavy (non-hydrogen) atoms. The third kappa shape index (κ3) is 2.97. The van der Waals surface area contributed by atoms with E-state index < -0.39 is 25.0 Å². The van der Waals surface area contributed by atoms with E-state index in [2.05, 4.69) is 10.2 Å². The first-order valence-corrected chi connectivity index (χ1v) is 7.31. The fraction of sp³-hybridized carbons (Fsp3) is 0.600. The van der Waals surface area contributed by atoms with Crippen molar-refractivity contribution in [2.75, 3.05) is 6.26 Å². The number of hydrogen-bond acceptors (Lipinski definition) is 6. The van der Waals surface area contributed by atoms with Gasteiger partial charge in [0.25, 0.3) is 15.2 Å². The van der Waals surface area contributed by atoms with Crippen molar-refractivity contribution in [3.8, 4) is 0 Å². The molecule has 0 saturated carbocycles. The van der Waals surface area contributed by atoms with Crippen LogP contribution in [0.5, 0.6) is 0 Å². The molecule has 10 heteroatoms. The number of aromatic nitrogens is 3. The molecule has 0 radical (unpaired) electrons. The zero-order valence-electron chi connectivity index (χ0n) is 8.08. The van der Waals surface area contributed by atoms with Crippen LogP contribution in [0.4, 0.5) is 0 Å². The van der Waals surface area contributed by atoms with Gasteiger partial charge in [-0.25, -0.2) is 22.0 Å². The Hall–Kier alpha value is -1.00. The summed E-state index contributed by atoms with van der Waals surface area (Å²) < 4.78 is 44.8. The molecule has 2 N–H and O–H groups in total. The van der Waals surface area contributed by atoms with E-state index in [1.165, 1.54) is 7.05 Å². The van der Waals surface area contributed by atoms with Gasteiger partial charge in [-0.15, -0.1) is 10.2 Å². The van der Waals surface area contributed by atoms with Crippen LogP contribution >= 0.6 is 0 Å². The molecule has 1 aromatic rings. The minimum absolute atomic E-state index is 0.0292. The number of primary sulfonamides is 1. The van der Waals surface area contributed by atoms with Crippen molar-refractivity contribution in [2.24, 2.45) is 12.2 Å². The predicted molar refractivity (Wildman–Crippen MR) is 50.9 cm³/mol. The summed E-state index contributed by atoms with van der Waals surface area (Å²) in [5, 5.41) is 11.1. The Morgan fingerprint density at radius 3 is 2.13 bits per heavy atom. The number of sulfonamides is 1. The molecular formula is C5H10N4O4S2. The zero-order chi connectivity index (χ0) is 11.9. The van der Waals surface area contributed by atoms with Crippen LogP contribution in [0.15, 0.2) is 5.16 Å². The second-order valence-corrected chi connectivity index (χ2v) is 6.67. The van der Waals surface area contributed by atoms with Crippen LogP contribution in [0.1, 0.15) is 5.82 Å². The lowest BCUT2D eigenvalue weighted by Gasteiger charge is -2.00. The van der Waals surface area contributed by atoms with E-state index in [4.69, 9.17) is 5.14 Å². The van der Waals surface area contributed by atoms with E-state index in [0.29, 0.717) is 0 Å². The highest BCUT2D eigenvalue weighted by Gasteiger charge is 2.20. The van der Waals surface area contributed by atoms with Gasteiger partial charge in [0.05, 0.1) is 0 Å². The Balaban J connectivity index is 3.23. The quantitative estimate of drug-likeness (QED) is 0.665. The van der Waals surface area contributed by atoms with E-state index in [1.807, 2.05) is 0 Å². The van der Waals surface area contributed by atoms with E-state index >= 15 is 0 Å². The molecule has 0 aliphatic rings. The summed E-state index contributed by atoms with van der Waals surface area (Å²) in [7, 11) is -5.93. The van der Waals surface area contributed by atoms with Crippen molar-refractivity contribution in [1.29, 1.82) is 0 Å². The molecule has 8 nitrogen and oxygen atoms in total. The highest BCUT2D eigenvalue weighted by Crippen LogP contribution is 2.06. The van der Waals surface area contributed by atoms with Crippen molar-refractivity contribution in [3.63, 3.8) is 0 Å². The molecular weight excluding hydrogens is 244 g/mol. The number of nitrogens with two attached hydrogens (primary N) is 1. The van der Waals surface area contributed by atoms with Gasteiger partial charge < -0.3 is 4.57 Å². The van der Waals surface area contributed by atoms with Crippen LogP contribution in [0.3, 0.4) is 0 Å². The number of hydrogen-bond donors (Lipinski definition) is 1. The lowest BCUT2D eigenvalue weighted by atomic mass is 10.7. The molecule has 0 aromatic carbocycles. The molecule has 1 heterocycles. The van der Waals surface area contributed by atoms with Crippen LogP contribution in [0, 0.1) is 0 Å². The topological polar surface area (TPSA) is 125 Å². The van der Waals surface area contributed by atoms with E-state index in [1.54, 1.807) is 0 Å². The summed E-state index contributed by atoms with van der Waals surface area (Å²) in [4.78, 5) is 0. The van der Waals surface area contributed by atoms with Gasteiger partial charge in [0.15, 0.2) is 9.84 Å². The summed E-state index contributed by atoms with van der Waals surface area (Å²) >= 11 is 0. The number of nitrogens with zero attached hydrogens (tertiary/aromatic N) is 3. The number of rotatable bonds is 3. The average Bonchev–Trinajstić information content (AvgIpc) is 2.27. The van der Waals surface area contributed by atoms with Gasteiger partial charge in [-0.05, 0) is 0 Å². The number of sulfone groups is 1. The first kappa shape index (κ1) is 12.1. The van der Waals surface area contributed by atoms with E-state index in [9.17, 15) is 16.8 Å². The van der Waals surface area contributed by atoms with Crippen LogP contribution in [-0.2, 0) is 32.7 Å². The van der Waals surface area contributed by atoms with Crippen molar-refractivity contribution >= 4 is 19.9 Å². The second kappa shape index (κ2) is 3.54. The van der Waals surface area contributed by atoms with Gasteiger partial charge in [-0.3, -0.25) is 0 Å². The summed E-state index contributed by atoms with van der Waals surface area (Å²) in [6.07, 6.45) is 1.01. The Morgan fingerprint density at radius 1 is 1.27 bits per heavy atom. The lowest BCUT2D eigenvalue weighted by molar-refractivity contribution is 0.576. The van der Waals surface area contributed by atoms with Gasteiger partial charge in [0.1, 0.15) is 11.6 Å². The molecule has 0 amide bonds. The minimum Gasteiger partial charge on any atom is -0.303 e. The normalized spacial score (nSPS) is 13.0. The van der Waals surface area contributed by atoms with Gasteiger partial charge >= 0.3 is 0 Å². The van der Waals surface area contributed by atoms with Crippen molar-refractivity contribution in [2.45, 2.75) is 10.9 Å². The molecule has 0 unspecified atom stereocenters. The maximum atomic E-state index is 11.0. The molecule has 1 aromatic heterocycles. The van der Waals surface area contributed by atoms with Gasteiger partial charge in [-0.2, -0.15) is 0 Å². The van der Waals surface area contributed by atoms with Crippen LogP contribution in [0.2, 0.25) is 0 Å². The zero-order valence-corrected chi connectivity index (χ0v) is 9.71. The van der Waals surface area contributed by atoms with Crippen molar-refractivity contribution in [3.05, 3.63) is 5.82 Å². The monoisotopic (exact) mass is 254 g/mol. The third-order valence-electron chi connectivity index (χ3n) is 1.57. The molecule has 0 aliphatic heterocycles. The molecule has 86 valence electrons. The molecule has 0 fully saturated rings. The molecule has 0 saturated heterocycles. The largest absolute Gasteiger partial charge is 0.303 e. The fourth-order valence-corrected chi connectivity index (χ4v) is 2.32. The standard InChI is InChI=1S/C5H10N4O4S2/c1-9-4(3-14(2,10)11)7-8-5(9)15(6,12)13/h3H2,1-2H3,(H2,6,12,13). The second-order valence-electron chi connectivity index (χ2n) is 3.07. The minimum atomic E-state index is -3.97. The summed E-state index contributed by atoms with van der Waals surface area (Å²) in [5.41, 5.74) is 0. The van der Waals surface area contributed by atoms with Crippen LogP contribution in [0.25, 0.3) is 0 Å². The average molecular weight is 254 g/mol. The van der Waals surface area contributed by atoms with E-state index in [-0.39, 0.29) is 11.6 Å². The lowest BCUT2D eigenvalue weighted by Crippen LogP contribution is -2.18.